The van der Waals surface area contributed by atoms with Crippen molar-refractivity contribution in [3.05, 3.63) is 29.3 Å². The second-order valence-corrected chi connectivity index (χ2v) is 7.50. The van der Waals surface area contributed by atoms with Gasteiger partial charge in [-0.1, -0.05) is 12.1 Å². The van der Waals surface area contributed by atoms with Gasteiger partial charge in [0.25, 0.3) is 0 Å². The number of benzene rings is 1. The van der Waals surface area contributed by atoms with Crippen LogP contribution in [-0.2, 0) is 16.0 Å². The van der Waals surface area contributed by atoms with Crippen molar-refractivity contribution in [3.63, 3.8) is 0 Å². The first-order valence-corrected chi connectivity index (χ1v) is 9.43. The van der Waals surface area contributed by atoms with E-state index in [1.807, 2.05) is 17.0 Å². The predicted molar refractivity (Wildman–Crippen MR) is 99.4 cm³/mol. The van der Waals surface area contributed by atoms with Crippen LogP contribution >= 0.6 is 0 Å². The Bertz CT molecular complexity index is 648. The number of nitrogens with zero attached hydrogens (tertiary/aromatic N) is 1. The predicted octanol–water partition coefficient (Wildman–Crippen LogP) is 3.01. The molecule has 2 N–H and O–H groups in total. The average Bonchev–Trinajstić information content (AvgIpc) is 2.59. The van der Waals surface area contributed by atoms with Crippen molar-refractivity contribution < 1.29 is 9.59 Å². The first-order chi connectivity index (χ1) is 12.0. The third-order valence-corrected chi connectivity index (χ3v) is 5.57. The van der Waals surface area contributed by atoms with E-state index >= 15 is 0 Å². The summed E-state index contributed by atoms with van der Waals surface area (Å²) in [7, 11) is 0. The highest BCUT2D eigenvalue weighted by Crippen LogP contribution is 2.26. The fourth-order valence-electron chi connectivity index (χ4n) is 4.04. The van der Waals surface area contributed by atoms with Gasteiger partial charge < -0.3 is 15.5 Å². The third-order valence-electron chi connectivity index (χ3n) is 5.57. The molecule has 2 amide bonds. The van der Waals surface area contributed by atoms with Crippen molar-refractivity contribution in [2.24, 2.45) is 0 Å². The Labute approximate surface area is 150 Å². The van der Waals surface area contributed by atoms with Crippen LogP contribution < -0.4 is 10.6 Å². The molecule has 2 aliphatic heterocycles. The van der Waals surface area contributed by atoms with Gasteiger partial charge in [-0.3, -0.25) is 9.59 Å². The molecule has 5 heteroatoms. The van der Waals surface area contributed by atoms with Gasteiger partial charge in [0.05, 0.1) is 6.54 Å². The van der Waals surface area contributed by atoms with Crippen LogP contribution in [0, 0.1) is 0 Å². The van der Waals surface area contributed by atoms with Crippen molar-refractivity contribution in [2.75, 3.05) is 11.9 Å². The number of likely N-dealkylation sites (tertiary alicyclic amines) is 1. The number of carbonyl (C=O) groups excluding carboxylic acids is 2. The van der Waals surface area contributed by atoms with Crippen molar-refractivity contribution in [1.82, 2.24) is 10.2 Å². The maximum atomic E-state index is 12.6. The minimum absolute atomic E-state index is 0.0850. The molecule has 3 rings (SSSR count). The molecule has 1 fully saturated rings. The van der Waals surface area contributed by atoms with Crippen molar-refractivity contribution in [2.45, 2.75) is 71.0 Å². The second-order valence-electron chi connectivity index (χ2n) is 7.50. The number of amides is 2. The Kier molecular flexibility index (Phi) is 5.42. The highest BCUT2D eigenvalue weighted by molar-refractivity contribution is 5.93. The number of fused-ring (bicyclic) bond motifs is 1. The van der Waals surface area contributed by atoms with E-state index in [2.05, 4.69) is 37.5 Å². The molecule has 0 unspecified atom stereocenters. The number of rotatable bonds is 4. The molecule has 2 heterocycles. The van der Waals surface area contributed by atoms with Gasteiger partial charge in [-0.25, -0.2) is 0 Å². The van der Waals surface area contributed by atoms with E-state index < -0.39 is 0 Å². The number of carbonyl (C=O) groups is 2. The molecule has 1 aromatic carbocycles. The summed E-state index contributed by atoms with van der Waals surface area (Å²) in [5.74, 6) is 0.276. The normalized spacial score (nSPS) is 24.4. The summed E-state index contributed by atoms with van der Waals surface area (Å²) < 4.78 is 0. The molecule has 1 saturated heterocycles. The van der Waals surface area contributed by atoms with Gasteiger partial charge in [-0.2, -0.15) is 0 Å². The van der Waals surface area contributed by atoms with Crippen LogP contribution in [0.5, 0.6) is 0 Å². The highest BCUT2D eigenvalue weighted by atomic mass is 16.2. The topological polar surface area (TPSA) is 61.4 Å². The molecule has 0 aliphatic carbocycles. The summed E-state index contributed by atoms with van der Waals surface area (Å²) in [6.07, 6.45) is 4.73. The molecular weight excluding hydrogens is 314 g/mol. The van der Waals surface area contributed by atoms with E-state index in [4.69, 9.17) is 0 Å². The van der Waals surface area contributed by atoms with Gasteiger partial charge in [-0.15, -0.1) is 0 Å². The van der Waals surface area contributed by atoms with E-state index in [0.717, 1.165) is 30.5 Å². The summed E-state index contributed by atoms with van der Waals surface area (Å²) >= 11 is 0. The van der Waals surface area contributed by atoms with E-state index in [1.165, 1.54) is 12.0 Å². The fourth-order valence-corrected chi connectivity index (χ4v) is 4.04. The van der Waals surface area contributed by atoms with Gasteiger partial charge in [-0.05, 0) is 63.6 Å². The lowest BCUT2D eigenvalue weighted by molar-refractivity contribution is -0.136. The van der Waals surface area contributed by atoms with E-state index in [1.54, 1.807) is 0 Å². The summed E-state index contributed by atoms with van der Waals surface area (Å²) in [6, 6.07) is 6.90. The highest BCUT2D eigenvalue weighted by Gasteiger charge is 2.28. The lowest BCUT2D eigenvalue weighted by Crippen LogP contribution is -2.50. The zero-order valence-corrected chi connectivity index (χ0v) is 15.5. The molecule has 0 saturated carbocycles. The smallest absolute Gasteiger partial charge is 0.237 e. The van der Waals surface area contributed by atoms with Gasteiger partial charge >= 0.3 is 0 Å². The molecule has 0 spiro atoms. The Morgan fingerprint density at radius 1 is 1.28 bits per heavy atom. The molecule has 5 nitrogen and oxygen atoms in total. The summed E-state index contributed by atoms with van der Waals surface area (Å²) in [5, 5.41) is 6.28. The van der Waals surface area contributed by atoms with Crippen LogP contribution in [0.2, 0.25) is 0 Å². The molecule has 136 valence electrons. The second kappa shape index (κ2) is 7.56. The van der Waals surface area contributed by atoms with E-state index in [9.17, 15) is 9.59 Å². The Hall–Kier alpha value is -1.88. The zero-order chi connectivity index (χ0) is 18.0. The van der Waals surface area contributed by atoms with E-state index in [0.29, 0.717) is 25.0 Å². The van der Waals surface area contributed by atoms with Crippen LogP contribution in [0.3, 0.4) is 0 Å². The molecule has 0 aromatic heterocycles. The molecule has 0 radical (unpaired) electrons. The van der Waals surface area contributed by atoms with Gasteiger partial charge in [0.1, 0.15) is 0 Å². The van der Waals surface area contributed by atoms with Crippen LogP contribution in [0.25, 0.3) is 0 Å². The Morgan fingerprint density at radius 2 is 2.00 bits per heavy atom. The molecule has 25 heavy (non-hydrogen) atoms. The first kappa shape index (κ1) is 17.9. The van der Waals surface area contributed by atoms with E-state index in [-0.39, 0.29) is 17.9 Å². The fraction of sp³-hybridized carbons (Fsp3) is 0.600. The van der Waals surface area contributed by atoms with Crippen molar-refractivity contribution >= 4 is 17.5 Å². The van der Waals surface area contributed by atoms with Gasteiger partial charge in [0.2, 0.25) is 11.8 Å². The average molecular weight is 343 g/mol. The quantitative estimate of drug-likeness (QED) is 0.883. The van der Waals surface area contributed by atoms with Crippen LogP contribution in [0.15, 0.2) is 18.2 Å². The third kappa shape index (κ3) is 4.03. The summed E-state index contributed by atoms with van der Waals surface area (Å²) in [4.78, 5) is 26.1. The minimum atomic E-state index is 0.0850. The summed E-state index contributed by atoms with van der Waals surface area (Å²) in [5.41, 5.74) is 3.25. The van der Waals surface area contributed by atoms with Crippen LogP contribution in [0.4, 0.5) is 5.69 Å². The number of hydrogen-bond donors (Lipinski definition) is 2. The SMILES string of the molecule is C[C@H](NCC(=O)N1[C@H](C)CCC[C@@H]1C)c1ccc2c(c1)CCC(=O)N2. The first-order valence-electron chi connectivity index (χ1n) is 9.43. The van der Waals surface area contributed by atoms with Crippen molar-refractivity contribution in [1.29, 1.82) is 0 Å². The lowest BCUT2D eigenvalue weighted by atomic mass is 9.97. The number of aryl methyl sites for hydroxylation is 1. The van der Waals surface area contributed by atoms with Crippen LogP contribution in [-0.4, -0.2) is 35.3 Å². The monoisotopic (exact) mass is 343 g/mol. The Morgan fingerprint density at radius 3 is 2.72 bits per heavy atom. The summed E-state index contributed by atoms with van der Waals surface area (Å²) in [6.45, 7) is 6.74. The zero-order valence-electron chi connectivity index (χ0n) is 15.5. The molecule has 1 aromatic rings. The number of hydrogen-bond acceptors (Lipinski definition) is 3. The Balaban J connectivity index is 1.60. The standard InChI is InChI=1S/C20H29N3O2/c1-13-5-4-6-14(2)23(13)20(25)12-21-15(3)16-7-9-18-17(11-16)8-10-19(24)22-18/h7,9,11,13-15,21H,4-6,8,10,12H2,1-3H3,(H,22,24)/t13-,14+,15-/m0/s1. The molecular formula is C20H29N3O2. The number of anilines is 1. The molecule has 0 bridgehead atoms. The van der Waals surface area contributed by atoms with Gasteiger partial charge in [0.15, 0.2) is 0 Å². The largest absolute Gasteiger partial charge is 0.336 e. The molecule has 3 atom stereocenters. The van der Waals surface area contributed by atoms with Crippen molar-refractivity contribution in [3.8, 4) is 0 Å². The lowest BCUT2D eigenvalue weighted by Gasteiger charge is -2.39. The maximum absolute atomic E-state index is 12.6. The number of piperidine rings is 1. The minimum Gasteiger partial charge on any atom is -0.336 e. The molecule has 2 aliphatic rings. The van der Waals surface area contributed by atoms with Gasteiger partial charge in [0, 0.05) is 30.2 Å². The maximum Gasteiger partial charge on any atom is 0.237 e. The number of nitrogens with one attached hydrogen (secondary N) is 2. The van der Waals surface area contributed by atoms with Crippen LogP contribution in [0.1, 0.15) is 63.6 Å².